The fraction of sp³-hybridized carbons (Fsp3) is 0.938. The van der Waals surface area contributed by atoms with Crippen LogP contribution in [0, 0.1) is 17.8 Å². The van der Waals surface area contributed by atoms with E-state index in [4.69, 9.17) is 10.5 Å². The average molecular weight is 282 g/mol. The molecule has 0 spiro atoms. The number of nitrogens with zero attached hydrogens (tertiary/aromatic N) is 1. The maximum atomic E-state index is 11.7. The number of carbonyl (C=O) groups is 1. The van der Waals surface area contributed by atoms with Gasteiger partial charge in [0.1, 0.15) is 5.54 Å². The van der Waals surface area contributed by atoms with E-state index in [9.17, 15) is 4.79 Å². The van der Waals surface area contributed by atoms with E-state index in [2.05, 4.69) is 18.9 Å². The quantitative estimate of drug-likeness (QED) is 0.757. The summed E-state index contributed by atoms with van der Waals surface area (Å²) in [7, 11) is 3.56. The molecule has 4 heteroatoms. The van der Waals surface area contributed by atoms with Gasteiger partial charge in [0.15, 0.2) is 0 Å². The van der Waals surface area contributed by atoms with Gasteiger partial charge in [-0.05, 0) is 64.3 Å². The van der Waals surface area contributed by atoms with Crippen molar-refractivity contribution in [3.63, 3.8) is 0 Å². The number of esters is 1. The van der Waals surface area contributed by atoms with E-state index in [1.807, 2.05) is 0 Å². The summed E-state index contributed by atoms with van der Waals surface area (Å²) in [6, 6.07) is 0.295. The minimum Gasteiger partial charge on any atom is -0.468 e. The van der Waals surface area contributed by atoms with Gasteiger partial charge in [-0.1, -0.05) is 6.42 Å². The molecule has 0 aromatic heterocycles. The normalized spacial score (nSPS) is 33.2. The Morgan fingerprint density at radius 1 is 1.45 bits per heavy atom. The first kappa shape index (κ1) is 15.8. The van der Waals surface area contributed by atoms with Crippen LogP contribution in [0.3, 0.4) is 0 Å². The smallest absolute Gasteiger partial charge is 0.325 e. The van der Waals surface area contributed by atoms with Gasteiger partial charge < -0.3 is 15.4 Å². The molecule has 0 heterocycles. The third-order valence-corrected chi connectivity index (χ3v) is 5.53. The number of fused-ring (bicyclic) bond motifs is 2. The molecule has 2 saturated carbocycles. The lowest BCUT2D eigenvalue weighted by atomic mass is 9.87. The molecule has 0 amide bonds. The SMILES string of the molecule is COC(=O)C(C)(N)CC(C)N(C)CC1CC2CCC1C2. The second-order valence-corrected chi connectivity index (χ2v) is 7.34. The Balaban J connectivity index is 1.83. The molecule has 0 aromatic rings. The zero-order chi connectivity index (χ0) is 14.9. The number of hydrogen-bond donors (Lipinski definition) is 1. The van der Waals surface area contributed by atoms with Gasteiger partial charge in [0.05, 0.1) is 7.11 Å². The maximum absolute atomic E-state index is 11.7. The fourth-order valence-corrected chi connectivity index (χ4v) is 4.24. The zero-order valence-electron chi connectivity index (χ0n) is 13.4. The first-order chi connectivity index (χ1) is 9.33. The van der Waals surface area contributed by atoms with E-state index in [0.29, 0.717) is 12.5 Å². The summed E-state index contributed by atoms with van der Waals surface area (Å²) in [6.45, 7) is 5.06. The first-order valence-corrected chi connectivity index (χ1v) is 7.91. The molecule has 2 rings (SSSR count). The second kappa shape index (κ2) is 6.02. The summed E-state index contributed by atoms with van der Waals surface area (Å²) in [5.74, 6) is 2.46. The fourth-order valence-electron chi connectivity index (χ4n) is 4.24. The molecule has 20 heavy (non-hydrogen) atoms. The predicted octanol–water partition coefficient (Wildman–Crippen LogP) is 2.02. The standard InChI is InChI=1S/C16H30N2O2/c1-11(9-16(2,17)15(19)20-4)18(3)10-14-8-12-5-6-13(14)7-12/h11-14H,5-10,17H2,1-4H3. The Bertz CT molecular complexity index is 356. The van der Waals surface area contributed by atoms with Crippen LogP contribution < -0.4 is 5.73 Å². The summed E-state index contributed by atoms with van der Waals surface area (Å²) in [5.41, 5.74) is 5.19. The monoisotopic (exact) mass is 282 g/mol. The Morgan fingerprint density at radius 3 is 2.65 bits per heavy atom. The molecule has 0 radical (unpaired) electrons. The molecular weight excluding hydrogens is 252 g/mol. The third kappa shape index (κ3) is 3.34. The molecule has 4 nitrogen and oxygen atoms in total. The first-order valence-electron chi connectivity index (χ1n) is 7.91. The number of carbonyl (C=O) groups excluding carboxylic acids is 1. The highest BCUT2D eigenvalue weighted by molar-refractivity contribution is 5.79. The van der Waals surface area contributed by atoms with E-state index in [-0.39, 0.29) is 5.97 Å². The van der Waals surface area contributed by atoms with Crippen molar-refractivity contribution in [3.05, 3.63) is 0 Å². The number of methoxy groups -OCH3 is 1. The van der Waals surface area contributed by atoms with Gasteiger partial charge in [-0.25, -0.2) is 0 Å². The summed E-state index contributed by atoms with van der Waals surface area (Å²) >= 11 is 0. The maximum Gasteiger partial charge on any atom is 0.325 e. The van der Waals surface area contributed by atoms with Crippen molar-refractivity contribution in [2.45, 2.75) is 57.5 Å². The summed E-state index contributed by atoms with van der Waals surface area (Å²) in [6.07, 6.45) is 6.36. The van der Waals surface area contributed by atoms with Gasteiger partial charge in [0, 0.05) is 12.6 Å². The molecule has 5 atom stereocenters. The summed E-state index contributed by atoms with van der Waals surface area (Å²) in [5, 5.41) is 0. The van der Waals surface area contributed by atoms with E-state index in [0.717, 1.165) is 24.3 Å². The van der Waals surface area contributed by atoms with Gasteiger partial charge >= 0.3 is 5.97 Å². The molecule has 2 aliphatic carbocycles. The van der Waals surface area contributed by atoms with Crippen LogP contribution in [0.4, 0.5) is 0 Å². The van der Waals surface area contributed by atoms with Crippen LogP contribution in [-0.2, 0) is 9.53 Å². The van der Waals surface area contributed by atoms with Crippen LogP contribution in [-0.4, -0.2) is 43.2 Å². The van der Waals surface area contributed by atoms with Crippen molar-refractivity contribution in [3.8, 4) is 0 Å². The molecule has 2 N–H and O–H groups in total. The Kier molecular flexibility index (Phi) is 4.75. The van der Waals surface area contributed by atoms with E-state index in [1.54, 1.807) is 6.92 Å². The van der Waals surface area contributed by atoms with Crippen LogP contribution >= 0.6 is 0 Å². The highest BCUT2D eigenvalue weighted by atomic mass is 16.5. The Morgan fingerprint density at radius 2 is 2.15 bits per heavy atom. The molecule has 2 bridgehead atoms. The van der Waals surface area contributed by atoms with Gasteiger partial charge in [-0.15, -0.1) is 0 Å². The van der Waals surface area contributed by atoms with Crippen molar-refractivity contribution >= 4 is 5.97 Å². The third-order valence-electron chi connectivity index (χ3n) is 5.53. The Hall–Kier alpha value is -0.610. The number of nitrogens with two attached hydrogens (primary N) is 1. The highest BCUT2D eigenvalue weighted by Crippen LogP contribution is 2.48. The van der Waals surface area contributed by atoms with Crippen LogP contribution in [0.15, 0.2) is 0 Å². The molecule has 2 fully saturated rings. The van der Waals surface area contributed by atoms with Crippen LogP contribution in [0.25, 0.3) is 0 Å². The molecule has 5 unspecified atom stereocenters. The van der Waals surface area contributed by atoms with E-state index in [1.165, 1.54) is 32.8 Å². The topological polar surface area (TPSA) is 55.6 Å². The van der Waals surface area contributed by atoms with Gasteiger partial charge in [-0.2, -0.15) is 0 Å². The zero-order valence-corrected chi connectivity index (χ0v) is 13.4. The van der Waals surface area contributed by atoms with Gasteiger partial charge in [0.25, 0.3) is 0 Å². The summed E-state index contributed by atoms with van der Waals surface area (Å²) < 4.78 is 4.79. The van der Waals surface area contributed by atoms with Crippen molar-refractivity contribution in [2.24, 2.45) is 23.5 Å². The van der Waals surface area contributed by atoms with Crippen LogP contribution in [0.5, 0.6) is 0 Å². The van der Waals surface area contributed by atoms with Gasteiger partial charge in [0.2, 0.25) is 0 Å². The lowest BCUT2D eigenvalue weighted by Crippen LogP contribution is -2.50. The lowest BCUT2D eigenvalue weighted by Gasteiger charge is -2.34. The predicted molar refractivity (Wildman–Crippen MR) is 80.3 cm³/mol. The molecule has 2 aliphatic rings. The van der Waals surface area contributed by atoms with E-state index >= 15 is 0 Å². The van der Waals surface area contributed by atoms with Crippen molar-refractivity contribution in [1.29, 1.82) is 0 Å². The summed E-state index contributed by atoms with van der Waals surface area (Å²) in [4.78, 5) is 14.0. The van der Waals surface area contributed by atoms with Gasteiger partial charge in [-0.3, -0.25) is 4.79 Å². The minimum atomic E-state index is -0.892. The number of rotatable bonds is 6. The molecule has 0 saturated heterocycles. The lowest BCUT2D eigenvalue weighted by molar-refractivity contribution is -0.147. The molecule has 116 valence electrons. The Labute approximate surface area is 123 Å². The van der Waals surface area contributed by atoms with Crippen LogP contribution in [0.2, 0.25) is 0 Å². The highest BCUT2D eigenvalue weighted by Gasteiger charge is 2.40. The minimum absolute atomic E-state index is 0.295. The molecule has 0 aliphatic heterocycles. The average Bonchev–Trinajstić information content (AvgIpc) is 2.99. The molecule has 0 aromatic carbocycles. The van der Waals surface area contributed by atoms with Crippen molar-refractivity contribution in [2.75, 3.05) is 20.7 Å². The van der Waals surface area contributed by atoms with Crippen molar-refractivity contribution < 1.29 is 9.53 Å². The second-order valence-electron chi connectivity index (χ2n) is 7.34. The van der Waals surface area contributed by atoms with Crippen LogP contribution in [0.1, 0.15) is 46.0 Å². The largest absolute Gasteiger partial charge is 0.468 e. The molecular formula is C16H30N2O2. The van der Waals surface area contributed by atoms with E-state index < -0.39 is 5.54 Å². The number of ether oxygens (including phenoxy) is 1. The number of hydrogen-bond acceptors (Lipinski definition) is 4. The van der Waals surface area contributed by atoms with Crippen molar-refractivity contribution in [1.82, 2.24) is 4.90 Å².